The first-order chi connectivity index (χ1) is 44.4. The van der Waals surface area contributed by atoms with E-state index in [0.717, 1.165) is 0 Å². The van der Waals surface area contributed by atoms with Gasteiger partial charge in [0.2, 0.25) is 82.7 Å². The van der Waals surface area contributed by atoms with Gasteiger partial charge in [-0.1, -0.05) is 18.2 Å². The Bertz CT molecular complexity index is 3270. The van der Waals surface area contributed by atoms with E-state index in [4.69, 9.17) is 17.2 Å². The SMILES string of the molecule is C[C@@H]1NC(=O)[C@H](C)NC(=O)[C@H](Cc2cnc[nH]2)NC(=O)[C@H](CC(N)=O)NC(=O)[C@H](CCC(=O)O)NC(=O)[C@H](CS)NC(=O)CNC(=O)[C@H](CCCN=C(N)N)NC(=O)[C@H](Cc2c[nH]c3ccccc23)NC(=O)[C@H](CO)NC(=O)[C@H](CS)NC(=O)[C@@H](C)NC(=O)[C@H](C)NC1=O. The summed E-state index contributed by atoms with van der Waals surface area (Å²) < 4.78 is 0. The summed E-state index contributed by atoms with van der Waals surface area (Å²) in [6.45, 7) is 2.90. The number of nitrogens with zero attached hydrogens (tertiary/aromatic N) is 2. The maximum Gasteiger partial charge on any atom is 0.303 e. The lowest BCUT2D eigenvalue weighted by atomic mass is 10.0. The van der Waals surface area contributed by atoms with Crippen LogP contribution >= 0.6 is 25.3 Å². The second kappa shape index (κ2) is 37.5. The van der Waals surface area contributed by atoms with Crippen LogP contribution in [0.5, 0.6) is 0 Å². The van der Waals surface area contributed by atoms with Gasteiger partial charge in [-0.25, -0.2) is 4.98 Å². The molecule has 1 aliphatic rings. The molecule has 1 saturated heterocycles. The molecule has 3 aromatic rings. The lowest BCUT2D eigenvalue weighted by Crippen LogP contribution is -2.61. The maximum atomic E-state index is 14.5. The van der Waals surface area contributed by atoms with E-state index in [9.17, 15) is 82.1 Å². The second-order valence-electron chi connectivity index (χ2n) is 21.6. The number of nitrogens with two attached hydrogens (primary N) is 3. The predicted octanol–water partition coefficient (Wildman–Crippen LogP) is -8.65. The Morgan fingerprint density at radius 2 is 0.989 bits per heavy atom. The molecule has 3 heterocycles. The fourth-order valence-electron chi connectivity index (χ4n) is 8.91. The van der Waals surface area contributed by atoms with E-state index in [-0.39, 0.29) is 43.9 Å². The summed E-state index contributed by atoms with van der Waals surface area (Å²) in [6, 6.07) is -12.2. The van der Waals surface area contributed by atoms with Gasteiger partial charge in [0.1, 0.15) is 72.5 Å². The van der Waals surface area contributed by atoms with Crippen LogP contribution in [0, 0.1) is 0 Å². The minimum atomic E-state index is -1.92. The number of carbonyl (C=O) groups is 15. The fraction of sp³-hybridized carbons (Fsp3) is 0.509. The number of hydrogen-bond donors (Lipinski definition) is 22. The molecule has 2 aromatic heterocycles. The van der Waals surface area contributed by atoms with Crippen LogP contribution in [-0.4, -0.2) is 223 Å². The number of H-pyrrole nitrogens is 2. The molecule has 1 aliphatic heterocycles. The van der Waals surface area contributed by atoms with Crippen molar-refractivity contribution in [3.8, 4) is 0 Å². The second-order valence-corrected chi connectivity index (χ2v) is 22.4. The van der Waals surface area contributed by atoms with Crippen molar-refractivity contribution >= 4 is 131 Å². The lowest BCUT2D eigenvalue weighted by molar-refractivity contribution is -0.138. The number of hydrogen-bond acceptors (Lipinski definition) is 20. The molecule has 39 heteroatoms. The average molecular weight is 1360 g/mol. The maximum absolute atomic E-state index is 14.5. The molecule has 1 aromatic carbocycles. The van der Waals surface area contributed by atoms with Gasteiger partial charge in [-0.05, 0) is 58.6 Å². The first-order valence-electron chi connectivity index (χ1n) is 29.3. The van der Waals surface area contributed by atoms with Gasteiger partial charge < -0.3 is 107 Å². The number of thiol groups is 2. The summed E-state index contributed by atoms with van der Waals surface area (Å²) in [5.74, 6) is -17.5. The zero-order chi connectivity index (χ0) is 69.9. The molecule has 12 atom stereocenters. The zero-order valence-corrected chi connectivity index (χ0v) is 53.3. The highest BCUT2D eigenvalue weighted by Crippen LogP contribution is 2.20. The van der Waals surface area contributed by atoms with Crippen molar-refractivity contribution in [2.24, 2.45) is 22.2 Å². The van der Waals surface area contributed by atoms with Crippen LogP contribution in [0.3, 0.4) is 0 Å². The number of aliphatic carboxylic acids is 1. The van der Waals surface area contributed by atoms with Crippen molar-refractivity contribution in [2.75, 3.05) is 31.2 Å². The van der Waals surface area contributed by atoms with E-state index in [1.54, 1.807) is 30.5 Å². The van der Waals surface area contributed by atoms with Crippen LogP contribution in [0.15, 0.2) is 48.0 Å². The number of aromatic nitrogens is 3. The van der Waals surface area contributed by atoms with Crippen molar-refractivity contribution in [3.63, 3.8) is 0 Å². The Labute approximate surface area is 547 Å². The summed E-state index contributed by atoms with van der Waals surface area (Å²) in [7, 11) is 0. The van der Waals surface area contributed by atoms with E-state index in [1.165, 1.54) is 40.2 Å². The molecule has 94 heavy (non-hydrogen) atoms. The van der Waals surface area contributed by atoms with Crippen LogP contribution in [0.2, 0.25) is 0 Å². The molecule has 514 valence electrons. The molecule has 0 saturated carbocycles. The normalized spacial score (nSPS) is 25.5. The highest BCUT2D eigenvalue weighted by atomic mass is 32.1. The average Bonchev–Trinajstić information content (AvgIpc) is 1.65. The van der Waals surface area contributed by atoms with Crippen molar-refractivity contribution in [2.45, 2.75) is 145 Å². The Kier molecular flexibility index (Phi) is 30.4. The highest BCUT2D eigenvalue weighted by Gasteiger charge is 2.36. The molecule has 1 fully saturated rings. The van der Waals surface area contributed by atoms with Gasteiger partial charge in [-0.3, -0.25) is 76.9 Å². The molecule has 0 aliphatic carbocycles. The third-order valence-corrected chi connectivity index (χ3v) is 14.9. The van der Waals surface area contributed by atoms with Gasteiger partial charge in [0.25, 0.3) is 0 Å². The first kappa shape index (κ1) is 76.4. The number of aromatic amines is 2. The number of aliphatic hydroxyl groups is 1. The summed E-state index contributed by atoms with van der Waals surface area (Å²) in [4.78, 5) is 217. The number of amides is 14. The molecular formula is C55H80N20O17S2. The molecule has 0 unspecified atom stereocenters. The van der Waals surface area contributed by atoms with Gasteiger partial charge in [0.15, 0.2) is 5.96 Å². The van der Waals surface area contributed by atoms with Crippen molar-refractivity contribution in [1.29, 1.82) is 0 Å². The number of para-hydroxylation sites is 1. The van der Waals surface area contributed by atoms with E-state index in [2.05, 4.69) is 114 Å². The number of aliphatic imine (C=N–C) groups is 1. The Morgan fingerprint density at radius 1 is 0.543 bits per heavy atom. The smallest absolute Gasteiger partial charge is 0.303 e. The number of carboxylic acids is 1. The Hall–Kier alpha value is -10.0. The number of benzene rings is 1. The van der Waals surface area contributed by atoms with Crippen molar-refractivity contribution < 1.29 is 82.1 Å². The fourth-order valence-corrected chi connectivity index (χ4v) is 9.43. The van der Waals surface area contributed by atoms with E-state index in [0.29, 0.717) is 16.5 Å². The first-order valence-corrected chi connectivity index (χ1v) is 30.5. The minimum absolute atomic E-state index is 0.0296. The van der Waals surface area contributed by atoms with Crippen LogP contribution in [0.1, 0.15) is 71.1 Å². The number of guanidine groups is 1. The third-order valence-electron chi connectivity index (χ3n) is 14.1. The number of carbonyl (C=O) groups excluding carboxylic acids is 14. The summed E-state index contributed by atoms with van der Waals surface area (Å²) >= 11 is 8.31. The van der Waals surface area contributed by atoms with Gasteiger partial charge in [0, 0.05) is 66.3 Å². The molecule has 0 spiro atoms. The van der Waals surface area contributed by atoms with E-state index in [1.807, 2.05) is 0 Å². The predicted molar refractivity (Wildman–Crippen MR) is 339 cm³/mol. The van der Waals surface area contributed by atoms with Crippen LogP contribution in [-0.2, 0) is 84.8 Å². The lowest BCUT2D eigenvalue weighted by Gasteiger charge is -2.26. The van der Waals surface area contributed by atoms with E-state index < -0.39 is 205 Å². The summed E-state index contributed by atoms with van der Waals surface area (Å²) in [5.41, 5.74) is 17.8. The molecule has 37 nitrogen and oxygen atoms in total. The van der Waals surface area contributed by atoms with Crippen molar-refractivity contribution in [3.05, 3.63) is 54.2 Å². The Morgan fingerprint density at radius 3 is 1.52 bits per heavy atom. The molecule has 14 amide bonds. The van der Waals surface area contributed by atoms with E-state index >= 15 is 0 Å². The minimum Gasteiger partial charge on any atom is -0.481 e. The number of aliphatic hydroxyl groups excluding tert-OH is 1. The van der Waals surface area contributed by atoms with Gasteiger partial charge in [0.05, 0.1) is 25.9 Å². The molecule has 23 N–H and O–H groups in total. The zero-order valence-electron chi connectivity index (χ0n) is 51.5. The topological polar surface area (TPSA) is 588 Å². The quantitative estimate of drug-likeness (QED) is 0.0274. The number of nitrogens with one attached hydrogen (secondary N) is 15. The monoisotopic (exact) mass is 1360 g/mol. The van der Waals surface area contributed by atoms with Crippen LogP contribution in [0.4, 0.5) is 0 Å². The molecule has 0 radical (unpaired) electrons. The third kappa shape index (κ3) is 24.5. The number of rotatable bonds is 16. The van der Waals surface area contributed by atoms with Gasteiger partial charge >= 0.3 is 5.97 Å². The number of primary amides is 1. The summed E-state index contributed by atoms with van der Waals surface area (Å²) in [6.07, 6.45) is 0.899. The highest BCUT2D eigenvalue weighted by molar-refractivity contribution is 7.80. The molecular weight excluding hydrogens is 1280 g/mol. The molecule has 0 bridgehead atoms. The summed E-state index contributed by atoms with van der Waals surface area (Å²) in [5, 5.41) is 51.4. The van der Waals surface area contributed by atoms with Gasteiger partial charge in [-0.15, -0.1) is 0 Å². The number of carboxylic acid groups (broad SMARTS) is 1. The number of fused-ring (bicyclic) bond motifs is 1. The Balaban J connectivity index is 1.72. The van der Waals surface area contributed by atoms with Crippen molar-refractivity contribution in [1.82, 2.24) is 84.1 Å². The largest absolute Gasteiger partial charge is 0.481 e. The standard InChI is InChI=1S/C55H80N20O17S2/c1-24-43(81)64-25(2)44(82)66-27(4)46(84)75-39(22-94)54(92)74-37(20-76)52(90)71-34(14-28-17-61-31-9-6-5-8-30(28)31)50(88)69-32(10-7-13-60-55(57)58)47(85)62-19-41(78)68-38(21-93)53(91)70-33(11-12-42(79)80)48(86)73-36(16-40(56)77)51(89)72-35(15-29-18-59-23-63-29)49(87)67-26(3)45(83)65-24/h5-6,8-9,17-18,23-27,32-39,61,76,93-94H,7,10-16,19-22H2,1-4H3,(H2,56,77)(H,59,63)(H,62,85)(H,64,81)(H,65,83)(H,66,82)(H,67,87)(H,68,78)(H,69,88)(H,70,91)(H,71,90)(H,72,89)(H,73,86)(H,74,92)(H,75,84)(H,79,80)(H4,57,58,60)/t24-,25-,26-,27+,32-,33-,34-,35-,36-,37-,38-,39-/m0/s1. The molecule has 4 rings (SSSR count). The van der Waals surface area contributed by atoms with Crippen LogP contribution in [0.25, 0.3) is 10.9 Å². The van der Waals surface area contributed by atoms with Gasteiger partial charge in [-0.2, -0.15) is 25.3 Å². The number of imidazole rings is 1. The van der Waals surface area contributed by atoms with Crippen LogP contribution < -0.4 is 86.3 Å².